The van der Waals surface area contributed by atoms with Gasteiger partial charge in [0.15, 0.2) is 0 Å². The molecule has 0 N–H and O–H groups in total. The highest BCUT2D eigenvalue weighted by molar-refractivity contribution is 4.58. The molecule has 0 aromatic rings. The molecule has 0 radical (unpaired) electrons. The molecule has 0 aromatic carbocycles. The number of nitrogens with zero attached hydrogens (tertiary/aromatic N) is 2. The lowest BCUT2D eigenvalue weighted by Crippen LogP contribution is -3.00. The Morgan fingerprint density at radius 3 is 0.472 bits per heavy atom. The summed E-state index contributed by atoms with van der Waals surface area (Å²) in [6, 6.07) is 1.64. The van der Waals surface area contributed by atoms with Gasteiger partial charge in [-0.25, -0.2) is 0 Å². The minimum absolute atomic E-state index is 0. The van der Waals surface area contributed by atoms with Crippen LogP contribution in [0.15, 0.2) is 0 Å². The summed E-state index contributed by atoms with van der Waals surface area (Å²) >= 11 is 0. The van der Waals surface area contributed by atoms with E-state index in [0.29, 0.717) is 0 Å². The lowest BCUT2D eigenvalue weighted by atomic mass is 10.0. The quantitative estimate of drug-likeness (QED) is 0.0421. The van der Waals surface area contributed by atoms with Gasteiger partial charge in [0, 0.05) is 0 Å². The fourth-order valence-corrected chi connectivity index (χ4v) is 11.1. The van der Waals surface area contributed by atoms with E-state index in [9.17, 15) is 0 Å². The number of rotatable bonds is 58. The van der Waals surface area contributed by atoms with Crippen LogP contribution in [-0.2, 0) is 0 Å². The van der Waals surface area contributed by atoms with Crippen LogP contribution in [0.25, 0.3) is 0 Å². The maximum absolute atomic E-state index is 2.50. The smallest absolute Gasteiger partial charge is 0.0857 e. The van der Waals surface area contributed by atoms with Crippen LogP contribution < -0.4 is 24.8 Å². The van der Waals surface area contributed by atoms with Crippen LogP contribution in [0.4, 0.5) is 0 Å². The van der Waals surface area contributed by atoms with Gasteiger partial charge in [-0.05, 0) is 65.2 Å². The van der Waals surface area contributed by atoms with Gasteiger partial charge in [0.05, 0.1) is 53.4 Å². The topological polar surface area (TPSA) is 0 Å². The van der Waals surface area contributed by atoms with Crippen molar-refractivity contribution in [3.05, 3.63) is 0 Å². The Bertz CT molecular complexity index is 863. The number of unbranched alkanes of at least 4 members (excludes halogenated alkanes) is 48. The standard InChI is InChI=1S/2C34H72N.2ClH/c2*1-6-8-10-12-14-16-18-20-21-23-25-27-29-31-33-35(4,5)34(3)32-30-28-26-24-22-19-17-15-13-11-9-7-2;;/h2*34H,6-33H2,1-5H3;2*1H/q2*+1;;/p-2. The second kappa shape index (κ2) is 64.0. The Kier molecular flexibility index (Phi) is 70.2. The molecule has 0 rings (SSSR count). The van der Waals surface area contributed by atoms with E-state index in [1.54, 1.807) is 0 Å². The van der Waals surface area contributed by atoms with Gasteiger partial charge in [-0.1, -0.05) is 323 Å². The molecule has 0 aromatic heterocycles. The van der Waals surface area contributed by atoms with E-state index in [4.69, 9.17) is 0 Å². The van der Waals surface area contributed by atoms with E-state index in [1.807, 2.05) is 0 Å². The highest BCUT2D eigenvalue weighted by Gasteiger charge is 2.24. The Morgan fingerprint density at radius 2 is 0.319 bits per heavy atom. The molecular weight excluding hydrogens is 916 g/mol. The summed E-state index contributed by atoms with van der Waals surface area (Å²) in [6.45, 7) is 17.0. The monoisotopic (exact) mass is 1060 g/mol. The van der Waals surface area contributed by atoms with Crippen LogP contribution in [0.2, 0.25) is 0 Å². The number of halogens is 2. The SMILES string of the molecule is CCCCCCCCCCCCCCCC[N+](C)(C)C(C)CCCCCCCCCCCCCC.CCCCCCCCCCCCCCCC[N+](C)(C)C(C)CCCCCCCCCCCCCC.[Cl-].[Cl-]. The predicted octanol–water partition coefficient (Wildman–Crippen LogP) is 18.1. The van der Waals surface area contributed by atoms with E-state index in [2.05, 4.69) is 69.7 Å². The summed E-state index contributed by atoms with van der Waals surface area (Å²) in [4.78, 5) is 0. The van der Waals surface area contributed by atoms with Gasteiger partial charge in [-0.3, -0.25) is 0 Å². The minimum Gasteiger partial charge on any atom is -1.00 e. The summed E-state index contributed by atoms with van der Waals surface area (Å²) in [6.07, 6.45) is 78.7. The molecule has 0 aliphatic heterocycles. The normalized spacial score (nSPS) is 12.6. The van der Waals surface area contributed by atoms with Crippen molar-refractivity contribution < 1.29 is 33.8 Å². The van der Waals surface area contributed by atoms with Gasteiger partial charge in [0.25, 0.3) is 0 Å². The van der Waals surface area contributed by atoms with Crippen LogP contribution in [0.5, 0.6) is 0 Å². The van der Waals surface area contributed by atoms with E-state index >= 15 is 0 Å². The Labute approximate surface area is 472 Å². The fraction of sp³-hybridized carbons (Fsp3) is 1.00. The third kappa shape index (κ3) is 61.4. The van der Waals surface area contributed by atoms with Crippen molar-refractivity contribution in [1.82, 2.24) is 0 Å². The average Bonchev–Trinajstić information content (AvgIpc) is 3.34. The van der Waals surface area contributed by atoms with Crippen LogP contribution in [0.1, 0.15) is 388 Å². The zero-order chi connectivity index (χ0) is 51.8. The first-order valence-electron chi connectivity index (χ1n) is 33.7. The van der Waals surface area contributed by atoms with E-state index in [-0.39, 0.29) is 24.8 Å². The first kappa shape index (κ1) is 79.0. The number of quaternary nitrogens is 2. The van der Waals surface area contributed by atoms with Gasteiger partial charge in [-0.15, -0.1) is 0 Å². The largest absolute Gasteiger partial charge is 1.00 e. The van der Waals surface area contributed by atoms with Crippen molar-refractivity contribution in [1.29, 1.82) is 0 Å². The van der Waals surface area contributed by atoms with E-state index in [0.717, 1.165) is 12.1 Å². The Morgan fingerprint density at radius 1 is 0.194 bits per heavy atom. The first-order chi connectivity index (χ1) is 34.1. The lowest BCUT2D eigenvalue weighted by Gasteiger charge is -2.36. The van der Waals surface area contributed by atoms with Crippen molar-refractivity contribution in [3.8, 4) is 0 Å². The summed E-state index contributed by atoms with van der Waals surface area (Å²) in [5.41, 5.74) is 0. The molecule has 2 nitrogen and oxygen atoms in total. The molecule has 0 aliphatic carbocycles. The summed E-state index contributed by atoms with van der Waals surface area (Å²) in [5, 5.41) is 0. The van der Waals surface area contributed by atoms with Crippen molar-refractivity contribution in [3.63, 3.8) is 0 Å². The van der Waals surface area contributed by atoms with Crippen LogP contribution in [0.3, 0.4) is 0 Å². The zero-order valence-corrected chi connectivity index (χ0v) is 53.9. The minimum atomic E-state index is 0. The molecule has 2 unspecified atom stereocenters. The molecule has 0 saturated carbocycles. The molecule has 0 saturated heterocycles. The third-order valence-corrected chi connectivity index (χ3v) is 17.5. The summed E-state index contributed by atoms with van der Waals surface area (Å²) in [7, 11) is 9.92. The van der Waals surface area contributed by atoms with E-state index in [1.165, 1.54) is 369 Å². The summed E-state index contributed by atoms with van der Waals surface area (Å²) in [5.74, 6) is 0. The van der Waals surface area contributed by atoms with Crippen molar-refractivity contribution in [2.45, 2.75) is 400 Å². The average molecular weight is 1060 g/mol. The molecule has 2 atom stereocenters. The molecule has 0 amide bonds. The molecule has 0 heterocycles. The summed E-state index contributed by atoms with van der Waals surface area (Å²) < 4.78 is 2.46. The van der Waals surface area contributed by atoms with Crippen LogP contribution >= 0.6 is 0 Å². The number of hydrogen-bond acceptors (Lipinski definition) is 0. The zero-order valence-electron chi connectivity index (χ0n) is 52.4. The van der Waals surface area contributed by atoms with Crippen LogP contribution in [-0.4, -0.2) is 62.3 Å². The third-order valence-electron chi connectivity index (χ3n) is 17.5. The molecule has 440 valence electrons. The maximum atomic E-state index is 2.50. The fourth-order valence-electron chi connectivity index (χ4n) is 11.1. The maximum Gasteiger partial charge on any atom is 0.0857 e. The molecular formula is C68H144Cl2N2. The van der Waals surface area contributed by atoms with E-state index < -0.39 is 0 Å². The predicted molar refractivity (Wildman–Crippen MR) is 325 cm³/mol. The Hall–Kier alpha value is 0.500. The van der Waals surface area contributed by atoms with Crippen molar-refractivity contribution >= 4 is 0 Å². The lowest BCUT2D eigenvalue weighted by molar-refractivity contribution is -0.913. The Balaban J connectivity index is -0.000000625. The molecule has 0 fully saturated rings. The van der Waals surface area contributed by atoms with Crippen molar-refractivity contribution in [2.24, 2.45) is 0 Å². The molecule has 0 bridgehead atoms. The second-order valence-electron chi connectivity index (χ2n) is 25.3. The van der Waals surface area contributed by atoms with Gasteiger partial charge < -0.3 is 33.8 Å². The second-order valence-corrected chi connectivity index (χ2v) is 25.3. The molecule has 0 spiro atoms. The number of hydrogen-bond donors (Lipinski definition) is 0. The van der Waals surface area contributed by atoms with Gasteiger partial charge in [-0.2, -0.15) is 0 Å². The van der Waals surface area contributed by atoms with Crippen molar-refractivity contribution in [2.75, 3.05) is 41.3 Å². The van der Waals surface area contributed by atoms with Crippen LogP contribution in [0, 0.1) is 0 Å². The van der Waals surface area contributed by atoms with Gasteiger partial charge in [0.2, 0.25) is 0 Å². The molecule has 4 heteroatoms. The highest BCUT2D eigenvalue weighted by Crippen LogP contribution is 2.21. The first-order valence-corrected chi connectivity index (χ1v) is 33.7. The van der Waals surface area contributed by atoms with Gasteiger partial charge in [0.1, 0.15) is 0 Å². The molecule has 72 heavy (non-hydrogen) atoms. The molecule has 0 aliphatic rings. The highest BCUT2D eigenvalue weighted by atomic mass is 35.5. The van der Waals surface area contributed by atoms with Gasteiger partial charge >= 0.3 is 0 Å².